The van der Waals surface area contributed by atoms with Crippen molar-refractivity contribution >= 4 is 22.5 Å². The van der Waals surface area contributed by atoms with E-state index in [4.69, 9.17) is 21.8 Å². The summed E-state index contributed by atoms with van der Waals surface area (Å²) >= 11 is 6.16. The van der Waals surface area contributed by atoms with Crippen molar-refractivity contribution in [2.24, 2.45) is 0 Å². The molecule has 0 aliphatic heterocycles. The van der Waals surface area contributed by atoms with Gasteiger partial charge in [-0.2, -0.15) is 5.26 Å². The molecule has 0 saturated carbocycles. The normalized spacial score (nSPS) is 10.7. The Balaban J connectivity index is 2.00. The molecule has 0 saturated heterocycles. The molecule has 0 aliphatic carbocycles. The topological polar surface area (TPSA) is 36.7 Å². The van der Waals surface area contributed by atoms with E-state index < -0.39 is 0 Å². The molecule has 0 unspecified atom stereocenters. The van der Waals surface area contributed by atoms with Gasteiger partial charge in [-0.3, -0.25) is 0 Å². The van der Waals surface area contributed by atoms with Gasteiger partial charge in [0.1, 0.15) is 5.82 Å². The number of hydrogen-bond donors (Lipinski definition) is 0. The predicted octanol–water partition coefficient (Wildman–Crippen LogP) is 6.23. The highest BCUT2D eigenvalue weighted by Gasteiger charge is 2.13. The van der Waals surface area contributed by atoms with Crippen molar-refractivity contribution in [1.82, 2.24) is 4.98 Å². The third-order valence-corrected chi connectivity index (χ3v) is 4.48. The standard InChI is InChI=1S/C22H12ClFN2/c23-16-9-10-21-19(11-16)18(17-3-1-2-4-20(17)24)12-22(26-21)15-7-5-14(13-25)6-8-15/h1-12H. The molecule has 0 aliphatic rings. The van der Waals surface area contributed by atoms with Gasteiger partial charge in [-0.1, -0.05) is 41.9 Å². The first kappa shape index (κ1) is 16.3. The molecule has 4 heteroatoms. The van der Waals surface area contributed by atoms with Crippen LogP contribution in [-0.2, 0) is 0 Å². The summed E-state index contributed by atoms with van der Waals surface area (Å²) in [4.78, 5) is 4.69. The fourth-order valence-electron chi connectivity index (χ4n) is 2.96. The van der Waals surface area contributed by atoms with E-state index in [1.165, 1.54) is 6.07 Å². The van der Waals surface area contributed by atoms with Crippen molar-refractivity contribution in [2.45, 2.75) is 0 Å². The smallest absolute Gasteiger partial charge is 0.131 e. The van der Waals surface area contributed by atoms with Gasteiger partial charge in [-0.25, -0.2) is 9.37 Å². The molecule has 0 atom stereocenters. The van der Waals surface area contributed by atoms with Gasteiger partial charge >= 0.3 is 0 Å². The Morgan fingerprint density at radius 2 is 1.65 bits per heavy atom. The van der Waals surface area contributed by atoms with E-state index in [9.17, 15) is 4.39 Å². The van der Waals surface area contributed by atoms with Crippen LogP contribution in [0.4, 0.5) is 4.39 Å². The van der Waals surface area contributed by atoms with Crippen LogP contribution in [-0.4, -0.2) is 4.98 Å². The zero-order valence-electron chi connectivity index (χ0n) is 13.6. The Morgan fingerprint density at radius 3 is 2.38 bits per heavy atom. The number of pyridine rings is 1. The van der Waals surface area contributed by atoms with Crippen LogP contribution in [0.2, 0.25) is 5.02 Å². The van der Waals surface area contributed by atoms with Crippen molar-refractivity contribution in [2.75, 3.05) is 0 Å². The lowest BCUT2D eigenvalue weighted by molar-refractivity contribution is 0.631. The molecule has 0 bridgehead atoms. The molecule has 0 radical (unpaired) electrons. The Bertz CT molecular complexity index is 1160. The third kappa shape index (κ3) is 2.92. The minimum absolute atomic E-state index is 0.300. The van der Waals surface area contributed by atoms with E-state index >= 15 is 0 Å². The van der Waals surface area contributed by atoms with Gasteiger partial charge in [0.05, 0.1) is 22.8 Å². The average molecular weight is 359 g/mol. The van der Waals surface area contributed by atoms with Gasteiger partial charge in [0.25, 0.3) is 0 Å². The van der Waals surface area contributed by atoms with E-state index in [1.54, 1.807) is 42.5 Å². The van der Waals surface area contributed by atoms with E-state index in [1.807, 2.05) is 24.3 Å². The van der Waals surface area contributed by atoms with Crippen LogP contribution >= 0.6 is 11.6 Å². The molecule has 124 valence electrons. The summed E-state index contributed by atoms with van der Waals surface area (Å²) in [6.07, 6.45) is 0. The second kappa shape index (κ2) is 6.59. The first-order valence-corrected chi connectivity index (χ1v) is 8.39. The number of benzene rings is 3. The molecule has 1 aromatic heterocycles. The summed E-state index contributed by atoms with van der Waals surface area (Å²) in [6, 6.07) is 23.2. The molecule has 4 rings (SSSR count). The van der Waals surface area contributed by atoms with Gasteiger partial charge < -0.3 is 0 Å². The summed E-state index contributed by atoms with van der Waals surface area (Å²) in [5.41, 5.74) is 4.11. The number of rotatable bonds is 2. The highest BCUT2D eigenvalue weighted by Crippen LogP contribution is 2.34. The predicted molar refractivity (Wildman–Crippen MR) is 102 cm³/mol. The van der Waals surface area contributed by atoms with Crippen LogP contribution in [0, 0.1) is 17.1 Å². The van der Waals surface area contributed by atoms with Crippen molar-refractivity contribution in [3.8, 4) is 28.5 Å². The third-order valence-electron chi connectivity index (χ3n) is 4.24. The Kier molecular flexibility index (Phi) is 4.12. The second-order valence-corrected chi connectivity index (χ2v) is 6.32. The van der Waals surface area contributed by atoms with Gasteiger partial charge in [-0.05, 0) is 48.0 Å². The van der Waals surface area contributed by atoms with Gasteiger partial charge in [0.2, 0.25) is 0 Å². The SMILES string of the molecule is N#Cc1ccc(-c2cc(-c3ccccc3F)c3cc(Cl)ccc3n2)cc1. The summed E-state index contributed by atoms with van der Waals surface area (Å²) in [6.45, 7) is 0. The lowest BCUT2D eigenvalue weighted by Crippen LogP contribution is -1.92. The zero-order chi connectivity index (χ0) is 18.1. The number of fused-ring (bicyclic) bond motifs is 1. The summed E-state index contributed by atoms with van der Waals surface area (Å²) in [7, 11) is 0. The lowest BCUT2D eigenvalue weighted by atomic mass is 9.97. The molecule has 26 heavy (non-hydrogen) atoms. The number of aromatic nitrogens is 1. The molecule has 1 heterocycles. The van der Waals surface area contributed by atoms with E-state index in [2.05, 4.69) is 6.07 Å². The number of hydrogen-bond acceptors (Lipinski definition) is 2. The Hall–Kier alpha value is -3.22. The minimum Gasteiger partial charge on any atom is -0.248 e. The zero-order valence-corrected chi connectivity index (χ0v) is 14.3. The first-order chi connectivity index (χ1) is 12.7. The number of nitriles is 1. The maximum absolute atomic E-state index is 14.4. The van der Waals surface area contributed by atoms with E-state index in [-0.39, 0.29) is 5.82 Å². The van der Waals surface area contributed by atoms with Crippen molar-refractivity contribution in [3.63, 3.8) is 0 Å². The van der Waals surface area contributed by atoms with Gasteiger partial charge in [0.15, 0.2) is 0 Å². The van der Waals surface area contributed by atoms with Crippen molar-refractivity contribution < 1.29 is 4.39 Å². The Labute approximate surface area is 155 Å². The summed E-state index contributed by atoms with van der Waals surface area (Å²) in [5, 5.41) is 10.3. The van der Waals surface area contributed by atoms with Crippen LogP contribution in [0.25, 0.3) is 33.3 Å². The lowest BCUT2D eigenvalue weighted by Gasteiger charge is -2.11. The average Bonchev–Trinajstić information content (AvgIpc) is 2.68. The fourth-order valence-corrected chi connectivity index (χ4v) is 3.14. The highest BCUT2D eigenvalue weighted by molar-refractivity contribution is 6.31. The largest absolute Gasteiger partial charge is 0.248 e. The molecule has 0 spiro atoms. The first-order valence-electron chi connectivity index (χ1n) is 8.01. The molecule has 4 aromatic rings. The quantitative estimate of drug-likeness (QED) is 0.425. The second-order valence-electron chi connectivity index (χ2n) is 5.89. The van der Waals surface area contributed by atoms with Crippen molar-refractivity contribution in [3.05, 3.63) is 89.2 Å². The van der Waals surface area contributed by atoms with Crippen molar-refractivity contribution in [1.29, 1.82) is 5.26 Å². The molecule has 2 nitrogen and oxygen atoms in total. The monoisotopic (exact) mass is 358 g/mol. The minimum atomic E-state index is -0.300. The Morgan fingerprint density at radius 1 is 0.885 bits per heavy atom. The van der Waals surface area contributed by atoms with Gasteiger partial charge in [-0.15, -0.1) is 0 Å². The highest BCUT2D eigenvalue weighted by atomic mass is 35.5. The van der Waals surface area contributed by atoms with Crippen LogP contribution in [0.5, 0.6) is 0 Å². The number of halogens is 2. The number of nitrogens with zero attached hydrogens (tertiary/aromatic N) is 2. The summed E-state index contributed by atoms with van der Waals surface area (Å²) in [5.74, 6) is -0.300. The molecule has 3 aromatic carbocycles. The van der Waals surface area contributed by atoms with Crippen LogP contribution < -0.4 is 0 Å². The molecule has 0 fully saturated rings. The molecule has 0 amide bonds. The van der Waals surface area contributed by atoms with Crippen LogP contribution in [0.15, 0.2) is 72.8 Å². The summed E-state index contributed by atoms with van der Waals surface area (Å²) < 4.78 is 14.4. The maximum atomic E-state index is 14.4. The van der Waals surface area contributed by atoms with E-state index in [0.717, 1.165) is 22.0 Å². The van der Waals surface area contributed by atoms with Crippen LogP contribution in [0.3, 0.4) is 0 Å². The maximum Gasteiger partial charge on any atom is 0.131 e. The molecule has 0 N–H and O–H groups in total. The fraction of sp³-hybridized carbons (Fsp3) is 0. The van der Waals surface area contributed by atoms with Crippen LogP contribution in [0.1, 0.15) is 5.56 Å². The van der Waals surface area contributed by atoms with Gasteiger partial charge in [0, 0.05) is 21.5 Å². The van der Waals surface area contributed by atoms with E-state index in [0.29, 0.717) is 21.8 Å². The molecular formula is C22H12ClFN2. The molecular weight excluding hydrogens is 347 g/mol.